The van der Waals surface area contributed by atoms with Crippen molar-refractivity contribution in [3.8, 4) is 11.1 Å². The molecule has 3 atom stereocenters. The number of nitrogens with one attached hydrogen (secondary N) is 1. The van der Waals surface area contributed by atoms with Crippen LogP contribution in [-0.4, -0.2) is 39.7 Å². The Morgan fingerprint density at radius 2 is 1.97 bits per heavy atom. The third-order valence-electron chi connectivity index (χ3n) is 5.05. The number of benzene rings is 2. The summed E-state index contributed by atoms with van der Waals surface area (Å²) in [6, 6.07) is 6.89. The maximum atomic E-state index is 15.2. The van der Waals surface area contributed by atoms with Crippen molar-refractivity contribution in [2.75, 3.05) is 6.54 Å². The second-order valence-corrected chi connectivity index (χ2v) is 8.37. The standard InChI is InChI=1S/C20H19F5N2O2S/c1-12-7-14(9-15(21)8-12)16-4-2-3-13(19(16)22)10-18-17(5-6-27(18)11-28)26-30(29)20(23,24)25/h2-4,7-9,11,17-18,26H,5-6,10H2,1H3. The van der Waals surface area contributed by atoms with E-state index in [1.165, 1.54) is 29.2 Å². The highest BCUT2D eigenvalue weighted by Gasteiger charge is 2.42. The van der Waals surface area contributed by atoms with Crippen LogP contribution in [-0.2, 0) is 22.2 Å². The van der Waals surface area contributed by atoms with Crippen LogP contribution in [0.5, 0.6) is 0 Å². The molecule has 0 aromatic heterocycles. The SMILES string of the molecule is Cc1cc(F)cc(-c2cccc(CC3C(NS(=O)C(F)(F)F)CCN3C=O)c2F)c1. The fourth-order valence-electron chi connectivity index (χ4n) is 3.69. The van der Waals surface area contributed by atoms with Gasteiger partial charge in [0, 0.05) is 18.2 Å². The quantitative estimate of drug-likeness (QED) is 0.541. The number of nitrogens with zero attached hydrogens (tertiary/aromatic N) is 1. The first-order valence-corrected chi connectivity index (χ1v) is 10.3. The Morgan fingerprint density at radius 3 is 2.60 bits per heavy atom. The van der Waals surface area contributed by atoms with Crippen molar-refractivity contribution in [2.24, 2.45) is 0 Å². The Kier molecular flexibility index (Phi) is 6.56. The minimum atomic E-state index is -4.94. The molecule has 1 aliphatic heterocycles. The molecule has 1 saturated heterocycles. The fourth-order valence-corrected chi connectivity index (χ4v) is 4.37. The van der Waals surface area contributed by atoms with Crippen LogP contribution >= 0.6 is 0 Å². The smallest absolute Gasteiger partial charge is 0.340 e. The van der Waals surface area contributed by atoms with E-state index in [1.807, 2.05) is 4.72 Å². The van der Waals surface area contributed by atoms with Crippen molar-refractivity contribution in [3.63, 3.8) is 0 Å². The summed E-state index contributed by atoms with van der Waals surface area (Å²) in [6.07, 6.45) is 0.551. The Hall–Kier alpha value is -2.33. The number of rotatable bonds is 6. The number of likely N-dealkylation sites (tertiary alicyclic amines) is 1. The molecule has 1 N–H and O–H groups in total. The lowest BCUT2D eigenvalue weighted by Crippen LogP contribution is -2.46. The molecule has 1 fully saturated rings. The normalized spacial score (nSPS) is 20.4. The summed E-state index contributed by atoms with van der Waals surface area (Å²) in [7, 11) is -3.30. The van der Waals surface area contributed by atoms with E-state index in [-0.39, 0.29) is 30.5 Å². The second kappa shape index (κ2) is 8.81. The number of carbonyl (C=O) groups excluding carboxylic acids is 1. The van der Waals surface area contributed by atoms with E-state index in [1.54, 1.807) is 19.1 Å². The molecule has 162 valence electrons. The lowest BCUT2D eigenvalue weighted by Gasteiger charge is -2.26. The van der Waals surface area contributed by atoms with Crippen LogP contribution < -0.4 is 4.72 Å². The Morgan fingerprint density at radius 1 is 1.23 bits per heavy atom. The molecule has 0 aliphatic carbocycles. The third-order valence-corrected chi connectivity index (χ3v) is 5.99. The van der Waals surface area contributed by atoms with Gasteiger partial charge in [0.2, 0.25) is 6.41 Å². The summed E-state index contributed by atoms with van der Waals surface area (Å²) < 4.78 is 80.4. The van der Waals surface area contributed by atoms with E-state index in [0.717, 1.165) is 0 Å². The average molecular weight is 446 g/mol. The summed E-state index contributed by atoms with van der Waals surface area (Å²) in [5, 5.41) is 0. The van der Waals surface area contributed by atoms with Crippen LogP contribution in [0.4, 0.5) is 22.0 Å². The van der Waals surface area contributed by atoms with Gasteiger partial charge in [0.25, 0.3) is 0 Å². The highest BCUT2D eigenvalue weighted by molar-refractivity contribution is 7.83. The topological polar surface area (TPSA) is 49.4 Å². The van der Waals surface area contributed by atoms with Gasteiger partial charge < -0.3 is 4.90 Å². The van der Waals surface area contributed by atoms with Crippen LogP contribution in [0, 0.1) is 18.6 Å². The molecule has 3 unspecified atom stereocenters. The van der Waals surface area contributed by atoms with E-state index in [0.29, 0.717) is 17.5 Å². The Bertz CT molecular complexity index is 946. The van der Waals surface area contributed by atoms with Crippen molar-refractivity contribution < 1.29 is 31.0 Å². The summed E-state index contributed by atoms with van der Waals surface area (Å²) >= 11 is 0. The van der Waals surface area contributed by atoms with Gasteiger partial charge in [0.1, 0.15) is 11.6 Å². The van der Waals surface area contributed by atoms with Crippen molar-refractivity contribution in [1.29, 1.82) is 0 Å². The van der Waals surface area contributed by atoms with Crippen molar-refractivity contribution >= 4 is 17.4 Å². The summed E-state index contributed by atoms with van der Waals surface area (Å²) in [5.41, 5.74) is -3.69. The molecule has 10 heteroatoms. The molecular formula is C20H19F5N2O2S. The molecule has 3 rings (SSSR count). The number of amides is 1. The summed E-state index contributed by atoms with van der Waals surface area (Å²) in [4.78, 5) is 12.6. The van der Waals surface area contributed by atoms with Crippen molar-refractivity contribution in [2.45, 2.75) is 37.4 Å². The number of alkyl halides is 3. The van der Waals surface area contributed by atoms with Gasteiger partial charge in [-0.3, -0.25) is 4.79 Å². The first-order chi connectivity index (χ1) is 14.1. The van der Waals surface area contributed by atoms with Gasteiger partial charge in [-0.05, 0) is 48.6 Å². The first kappa shape index (κ1) is 22.4. The molecule has 2 aromatic rings. The van der Waals surface area contributed by atoms with E-state index in [4.69, 9.17) is 0 Å². The fraction of sp³-hybridized carbons (Fsp3) is 0.350. The van der Waals surface area contributed by atoms with E-state index >= 15 is 4.39 Å². The Balaban J connectivity index is 1.89. The lowest BCUT2D eigenvalue weighted by molar-refractivity contribution is -0.118. The maximum absolute atomic E-state index is 15.2. The van der Waals surface area contributed by atoms with Crippen molar-refractivity contribution in [1.82, 2.24) is 9.62 Å². The van der Waals surface area contributed by atoms with E-state index < -0.39 is 40.2 Å². The zero-order chi connectivity index (χ0) is 22.1. The van der Waals surface area contributed by atoms with Crippen LogP contribution in [0.3, 0.4) is 0 Å². The molecule has 1 aliphatic rings. The molecule has 0 radical (unpaired) electrons. The third kappa shape index (κ3) is 4.86. The predicted molar refractivity (Wildman–Crippen MR) is 103 cm³/mol. The van der Waals surface area contributed by atoms with Crippen LogP contribution in [0.15, 0.2) is 36.4 Å². The van der Waals surface area contributed by atoms with Crippen molar-refractivity contribution in [3.05, 3.63) is 59.2 Å². The van der Waals surface area contributed by atoms with Gasteiger partial charge in [-0.15, -0.1) is 0 Å². The lowest BCUT2D eigenvalue weighted by atomic mass is 9.95. The molecule has 0 bridgehead atoms. The van der Waals surface area contributed by atoms with Gasteiger partial charge in [-0.1, -0.05) is 24.3 Å². The monoisotopic (exact) mass is 446 g/mol. The van der Waals surface area contributed by atoms with Gasteiger partial charge in [0.15, 0.2) is 11.0 Å². The minimum absolute atomic E-state index is 0.0839. The number of carbonyl (C=O) groups is 1. The summed E-state index contributed by atoms with van der Waals surface area (Å²) in [5.74, 6) is -1.16. The molecule has 1 heterocycles. The highest BCUT2D eigenvalue weighted by Crippen LogP contribution is 2.30. The second-order valence-electron chi connectivity index (χ2n) is 7.14. The van der Waals surface area contributed by atoms with E-state index in [9.17, 15) is 26.6 Å². The molecule has 4 nitrogen and oxygen atoms in total. The first-order valence-electron chi connectivity index (χ1n) is 9.11. The predicted octanol–water partition coefficient (Wildman–Crippen LogP) is 3.86. The van der Waals surface area contributed by atoms with E-state index in [2.05, 4.69) is 0 Å². The van der Waals surface area contributed by atoms with Gasteiger partial charge in [-0.25, -0.2) is 17.7 Å². The average Bonchev–Trinajstić information content (AvgIpc) is 3.03. The van der Waals surface area contributed by atoms with Gasteiger partial charge in [-0.2, -0.15) is 13.2 Å². The number of hydrogen-bond donors (Lipinski definition) is 1. The molecule has 30 heavy (non-hydrogen) atoms. The number of hydrogen-bond acceptors (Lipinski definition) is 2. The molecule has 1 amide bonds. The molecular weight excluding hydrogens is 427 g/mol. The zero-order valence-corrected chi connectivity index (χ0v) is 16.7. The van der Waals surface area contributed by atoms with Gasteiger partial charge in [0.05, 0.1) is 6.04 Å². The number of halogens is 5. The maximum Gasteiger partial charge on any atom is 0.485 e. The van der Waals surface area contributed by atoms with Crippen LogP contribution in [0.1, 0.15) is 17.5 Å². The molecule has 0 saturated carbocycles. The molecule has 0 spiro atoms. The molecule has 2 aromatic carbocycles. The van der Waals surface area contributed by atoms with Gasteiger partial charge >= 0.3 is 5.51 Å². The minimum Gasteiger partial charge on any atom is -0.340 e. The Labute approximate surface area is 172 Å². The highest BCUT2D eigenvalue weighted by atomic mass is 32.2. The zero-order valence-electron chi connectivity index (χ0n) is 15.9. The number of aryl methyl sites for hydroxylation is 1. The van der Waals surface area contributed by atoms with Crippen LogP contribution in [0.25, 0.3) is 11.1 Å². The van der Waals surface area contributed by atoms with Crippen LogP contribution in [0.2, 0.25) is 0 Å². The largest absolute Gasteiger partial charge is 0.485 e. The summed E-state index contributed by atoms with van der Waals surface area (Å²) in [6.45, 7) is 1.83.